The van der Waals surface area contributed by atoms with Crippen molar-refractivity contribution in [2.45, 2.75) is 78.7 Å². The van der Waals surface area contributed by atoms with E-state index >= 15 is 0 Å². The number of aryl methyl sites for hydroxylation is 2. The SMILES string of the molecule is CCc1cc2c(=O)c(-c3ccc4c(c3)OCO4)c(C)oc2cc1O[C@H]1O[C@H](COC(C)=O)[C@@H](OC(C)=O)[C@@H](OC(C)=O)[C@@H]1OC(C)=O. The molecule has 0 radical (unpaired) electrons. The van der Waals surface area contributed by atoms with Gasteiger partial charge in [0.1, 0.15) is 29.8 Å². The van der Waals surface area contributed by atoms with Gasteiger partial charge >= 0.3 is 23.9 Å². The molecule has 0 aliphatic carbocycles. The van der Waals surface area contributed by atoms with Crippen molar-refractivity contribution in [3.05, 3.63) is 51.9 Å². The van der Waals surface area contributed by atoms with Crippen LogP contribution in [0.3, 0.4) is 0 Å². The maximum Gasteiger partial charge on any atom is 0.303 e. The van der Waals surface area contributed by atoms with Gasteiger partial charge in [0.2, 0.25) is 24.6 Å². The van der Waals surface area contributed by atoms with Crippen LogP contribution in [0.5, 0.6) is 17.2 Å². The Morgan fingerprint density at radius 1 is 0.830 bits per heavy atom. The monoisotopic (exact) mass is 654 g/mol. The van der Waals surface area contributed by atoms with Crippen molar-refractivity contribution in [2.24, 2.45) is 0 Å². The molecule has 5 rings (SSSR count). The van der Waals surface area contributed by atoms with Gasteiger partial charge in [0.15, 0.2) is 23.7 Å². The number of hydrogen-bond donors (Lipinski definition) is 0. The molecular formula is C33H34O14. The highest BCUT2D eigenvalue weighted by Gasteiger charge is 2.53. The summed E-state index contributed by atoms with van der Waals surface area (Å²) in [6.45, 7) is 7.76. The van der Waals surface area contributed by atoms with Gasteiger partial charge in [-0.15, -0.1) is 0 Å². The van der Waals surface area contributed by atoms with Gasteiger partial charge in [-0.05, 0) is 42.7 Å². The highest BCUT2D eigenvalue weighted by Crippen LogP contribution is 2.38. The predicted molar refractivity (Wildman–Crippen MR) is 161 cm³/mol. The van der Waals surface area contributed by atoms with E-state index in [1.807, 2.05) is 6.92 Å². The molecule has 14 nitrogen and oxygen atoms in total. The standard InChI is InChI=1S/C33H34O14/c1-7-20-10-22-25(42-15(2)28(29(22)38)21-8-9-23-26(11-21)41-14-40-23)12-24(20)46-33-32(45-19(6)37)31(44-18(5)36)30(43-17(4)35)27(47-33)13-39-16(3)34/h8-12,27,30-33H,7,13-14H2,1-6H3/t27-,30-,31-,32+,33+/m1/s1. The van der Waals surface area contributed by atoms with Crippen LogP contribution in [-0.4, -0.2) is 68.0 Å². The maximum atomic E-state index is 13.8. The Labute approximate surface area is 268 Å². The third kappa shape index (κ3) is 7.17. The Balaban J connectivity index is 1.56. The fourth-order valence-corrected chi connectivity index (χ4v) is 5.56. The van der Waals surface area contributed by atoms with Crippen molar-refractivity contribution in [2.75, 3.05) is 13.4 Å². The highest BCUT2D eigenvalue weighted by atomic mass is 16.7. The van der Waals surface area contributed by atoms with E-state index in [4.69, 9.17) is 42.3 Å². The van der Waals surface area contributed by atoms with E-state index in [1.165, 1.54) is 13.0 Å². The Hall–Kier alpha value is -5.11. The summed E-state index contributed by atoms with van der Waals surface area (Å²) >= 11 is 0. The molecule has 14 heteroatoms. The zero-order chi connectivity index (χ0) is 34.0. The van der Waals surface area contributed by atoms with Gasteiger partial charge in [-0.25, -0.2) is 0 Å². The van der Waals surface area contributed by atoms with Crippen LogP contribution in [0, 0.1) is 6.92 Å². The minimum atomic E-state index is -1.46. The van der Waals surface area contributed by atoms with E-state index in [-0.39, 0.29) is 28.9 Å². The molecule has 2 aliphatic rings. The number of hydrogen-bond acceptors (Lipinski definition) is 14. The first-order valence-corrected chi connectivity index (χ1v) is 14.8. The largest absolute Gasteiger partial charge is 0.463 e. The lowest BCUT2D eigenvalue weighted by Gasteiger charge is -2.44. The molecule has 3 aromatic rings. The van der Waals surface area contributed by atoms with E-state index in [1.54, 1.807) is 31.2 Å². The number of esters is 4. The number of carbonyl (C=O) groups excluding carboxylic acids is 4. The smallest absolute Gasteiger partial charge is 0.303 e. The van der Waals surface area contributed by atoms with Gasteiger partial charge in [0, 0.05) is 33.8 Å². The van der Waals surface area contributed by atoms with E-state index in [0.717, 1.165) is 20.8 Å². The van der Waals surface area contributed by atoms with Gasteiger partial charge < -0.3 is 42.3 Å². The summed E-state index contributed by atoms with van der Waals surface area (Å²) < 4.78 is 50.9. The molecule has 1 aromatic heterocycles. The van der Waals surface area contributed by atoms with Crippen LogP contribution in [0.2, 0.25) is 0 Å². The lowest BCUT2D eigenvalue weighted by Crippen LogP contribution is -2.63. The summed E-state index contributed by atoms with van der Waals surface area (Å²) in [6.07, 6.45) is -6.44. The second kappa shape index (κ2) is 13.7. The number of rotatable bonds is 9. The Kier molecular flexibility index (Phi) is 9.70. The fraction of sp³-hybridized carbons (Fsp3) is 0.424. The van der Waals surface area contributed by atoms with Gasteiger partial charge in [0.05, 0.1) is 10.9 Å². The average molecular weight is 655 g/mol. The zero-order valence-corrected chi connectivity index (χ0v) is 26.6. The lowest BCUT2D eigenvalue weighted by molar-refractivity contribution is -0.288. The van der Waals surface area contributed by atoms with Crippen molar-refractivity contribution in [1.82, 2.24) is 0 Å². The summed E-state index contributed by atoms with van der Waals surface area (Å²) in [5.74, 6) is -1.30. The predicted octanol–water partition coefficient (Wildman–Crippen LogP) is 3.52. The van der Waals surface area contributed by atoms with Crippen LogP contribution in [-0.2, 0) is 49.3 Å². The van der Waals surface area contributed by atoms with Gasteiger partial charge in [-0.1, -0.05) is 13.0 Å². The normalized spacial score (nSPS) is 21.5. The average Bonchev–Trinajstić information content (AvgIpc) is 3.46. The molecule has 0 spiro atoms. The molecule has 250 valence electrons. The molecule has 5 atom stereocenters. The van der Waals surface area contributed by atoms with E-state index < -0.39 is 61.2 Å². The first-order chi connectivity index (χ1) is 22.4. The minimum absolute atomic E-state index is 0.0896. The van der Waals surface area contributed by atoms with Crippen LogP contribution >= 0.6 is 0 Å². The van der Waals surface area contributed by atoms with Crippen LogP contribution < -0.4 is 19.6 Å². The van der Waals surface area contributed by atoms with Crippen molar-refractivity contribution in [3.8, 4) is 28.4 Å². The van der Waals surface area contributed by atoms with Gasteiger partial charge in [-0.2, -0.15) is 0 Å². The molecule has 0 amide bonds. The molecule has 2 aliphatic heterocycles. The van der Waals surface area contributed by atoms with Crippen molar-refractivity contribution in [3.63, 3.8) is 0 Å². The van der Waals surface area contributed by atoms with Gasteiger partial charge in [-0.3, -0.25) is 24.0 Å². The molecule has 1 fully saturated rings. The molecule has 0 saturated carbocycles. The number of carbonyl (C=O) groups is 4. The molecule has 2 aromatic carbocycles. The molecule has 0 N–H and O–H groups in total. The van der Waals surface area contributed by atoms with E-state index in [0.29, 0.717) is 40.4 Å². The lowest BCUT2D eigenvalue weighted by atomic mass is 9.97. The molecule has 0 unspecified atom stereocenters. The minimum Gasteiger partial charge on any atom is -0.463 e. The first kappa shape index (κ1) is 33.3. The number of fused-ring (bicyclic) bond motifs is 2. The maximum absolute atomic E-state index is 13.8. The highest BCUT2D eigenvalue weighted by molar-refractivity contribution is 5.85. The number of ether oxygens (including phenoxy) is 8. The molecule has 47 heavy (non-hydrogen) atoms. The number of benzene rings is 2. The fourth-order valence-electron chi connectivity index (χ4n) is 5.56. The van der Waals surface area contributed by atoms with Crippen LogP contribution in [0.15, 0.2) is 39.5 Å². The van der Waals surface area contributed by atoms with Gasteiger partial charge in [0.25, 0.3) is 0 Å². The molecule has 1 saturated heterocycles. The summed E-state index contributed by atoms with van der Waals surface area (Å²) in [7, 11) is 0. The summed E-state index contributed by atoms with van der Waals surface area (Å²) in [6, 6.07) is 8.35. The quantitative estimate of drug-likeness (QED) is 0.242. The van der Waals surface area contributed by atoms with Crippen molar-refractivity contribution in [1.29, 1.82) is 0 Å². The summed E-state index contributed by atoms with van der Waals surface area (Å²) in [4.78, 5) is 62.0. The van der Waals surface area contributed by atoms with Crippen LogP contribution in [0.1, 0.15) is 45.9 Å². The Morgan fingerprint density at radius 3 is 2.15 bits per heavy atom. The molecular weight excluding hydrogens is 620 g/mol. The molecule has 3 heterocycles. The Morgan fingerprint density at radius 2 is 1.49 bits per heavy atom. The zero-order valence-electron chi connectivity index (χ0n) is 26.6. The second-order valence-electron chi connectivity index (χ2n) is 10.9. The van der Waals surface area contributed by atoms with Crippen molar-refractivity contribution < 1.29 is 61.5 Å². The first-order valence-electron chi connectivity index (χ1n) is 14.8. The Bertz CT molecular complexity index is 1780. The van der Waals surface area contributed by atoms with Crippen LogP contribution in [0.25, 0.3) is 22.1 Å². The van der Waals surface area contributed by atoms with E-state index in [9.17, 15) is 24.0 Å². The molecule has 0 bridgehead atoms. The summed E-state index contributed by atoms with van der Waals surface area (Å²) in [5, 5.41) is 0.286. The second-order valence-corrected chi connectivity index (χ2v) is 10.9. The third-order valence-electron chi connectivity index (χ3n) is 7.48. The van der Waals surface area contributed by atoms with Crippen LogP contribution in [0.4, 0.5) is 0 Å². The topological polar surface area (TPSA) is 172 Å². The van der Waals surface area contributed by atoms with Crippen molar-refractivity contribution >= 4 is 34.8 Å². The third-order valence-corrected chi connectivity index (χ3v) is 7.48. The van der Waals surface area contributed by atoms with E-state index in [2.05, 4.69) is 0 Å². The summed E-state index contributed by atoms with van der Waals surface area (Å²) in [5.41, 5.74) is 1.44.